The molecule has 0 fully saturated rings. The lowest BCUT2D eigenvalue weighted by Crippen LogP contribution is -2.43. The minimum atomic E-state index is -3.38. The maximum absolute atomic E-state index is 12.5. The molecule has 1 aromatic carbocycles. The van der Waals surface area contributed by atoms with Crippen LogP contribution in [0.5, 0.6) is 0 Å². The van der Waals surface area contributed by atoms with Crippen molar-refractivity contribution in [2.75, 3.05) is 38.6 Å². The third-order valence-electron chi connectivity index (χ3n) is 3.52. The van der Waals surface area contributed by atoms with Gasteiger partial charge in [-0.05, 0) is 17.7 Å². The van der Waals surface area contributed by atoms with Gasteiger partial charge in [0.15, 0.2) is 0 Å². The summed E-state index contributed by atoms with van der Waals surface area (Å²) in [6.45, 7) is 7.46. The lowest BCUT2D eigenvalue weighted by Gasteiger charge is -2.27. The summed E-state index contributed by atoms with van der Waals surface area (Å²) < 4.78 is 28.1. The number of rotatable bonds is 8. The van der Waals surface area contributed by atoms with Gasteiger partial charge < -0.3 is 4.90 Å². The molecule has 0 N–H and O–H groups in total. The van der Waals surface area contributed by atoms with Crippen LogP contribution in [0.25, 0.3) is 0 Å². The minimum absolute atomic E-state index is 0.406. The average molecular weight is 313 g/mol. The first-order valence-electron chi connectivity index (χ1n) is 7.38. The second kappa shape index (κ2) is 7.77. The van der Waals surface area contributed by atoms with Gasteiger partial charge in [0.2, 0.25) is 0 Å². The normalized spacial score (nSPS) is 12.1. The first-order valence-corrected chi connectivity index (χ1v) is 8.77. The molecule has 1 rings (SSSR count). The Morgan fingerprint density at radius 2 is 1.33 bits per heavy atom. The van der Waals surface area contributed by atoms with E-state index >= 15 is 0 Å². The molecule has 0 amide bonds. The molecule has 0 saturated heterocycles. The molecule has 21 heavy (non-hydrogen) atoms. The van der Waals surface area contributed by atoms with Gasteiger partial charge in [0.1, 0.15) is 0 Å². The standard InChI is InChI=1S/C15H27N3O2S/c1-6-17(7-2)21(19,20)18(8-3)13-14-9-11-15(12-10-14)16(4)5/h9-12H,6-8,13H2,1-5H3. The summed E-state index contributed by atoms with van der Waals surface area (Å²) in [7, 11) is 0.587. The van der Waals surface area contributed by atoms with Crippen LogP contribution in [-0.2, 0) is 16.8 Å². The quantitative estimate of drug-likeness (QED) is 0.739. The molecular weight excluding hydrogens is 286 g/mol. The van der Waals surface area contributed by atoms with Gasteiger partial charge in [-0.1, -0.05) is 32.9 Å². The van der Waals surface area contributed by atoms with E-state index in [1.165, 1.54) is 8.61 Å². The molecule has 0 saturated carbocycles. The third kappa shape index (κ3) is 4.43. The molecule has 6 heteroatoms. The van der Waals surface area contributed by atoms with Crippen molar-refractivity contribution in [2.24, 2.45) is 0 Å². The van der Waals surface area contributed by atoms with E-state index in [4.69, 9.17) is 0 Å². The van der Waals surface area contributed by atoms with E-state index in [0.717, 1.165) is 11.3 Å². The van der Waals surface area contributed by atoms with Gasteiger partial charge in [0.05, 0.1) is 0 Å². The summed E-state index contributed by atoms with van der Waals surface area (Å²) in [5, 5.41) is 0. The Kier molecular flexibility index (Phi) is 6.64. The Bertz CT molecular complexity index is 522. The Labute approximate surface area is 129 Å². The smallest absolute Gasteiger partial charge is 0.282 e. The summed E-state index contributed by atoms with van der Waals surface area (Å²) in [6, 6.07) is 7.98. The molecule has 0 heterocycles. The van der Waals surface area contributed by atoms with Crippen LogP contribution in [0.15, 0.2) is 24.3 Å². The van der Waals surface area contributed by atoms with E-state index < -0.39 is 10.2 Å². The fourth-order valence-electron chi connectivity index (χ4n) is 2.17. The maximum atomic E-state index is 12.5. The van der Waals surface area contributed by atoms with Crippen LogP contribution in [0.3, 0.4) is 0 Å². The predicted molar refractivity (Wildman–Crippen MR) is 88.7 cm³/mol. The van der Waals surface area contributed by atoms with E-state index in [9.17, 15) is 8.42 Å². The largest absolute Gasteiger partial charge is 0.378 e. The van der Waals surface area contributed by atoms with Crippen LogP contribution in [0.4, 0.5) is 5.69 Å². The van der Waals surface area contributed by atoms with Gasteiger partial charge in [-0.2, -0.15) is 17.0 Å². The summed E-state index contributed by atoms with van der Waals surface area (Å²) in [6.07, 6.45) is 0. The summed E-state index contributed by atoms with van der Waals surface area (Å²) in [5.74, 6) is 0. The van der Waals surface area contributed by atoms with E-state index in [1.54, 1.807) is 0 Å². The van der Waals surface area contributed by atoms with Gasteiger partial charge in [0, 0.05) is 46.0 Å². The second-order valence-corrected chi connectivity index (χ2v) is 7.01. The van der Waals surface area contributed by atoms with Crippen LogP contribution in [-0.4, -0.2) is 50.8 Å². The number of benzene rings is 1. The zero-order valence-corrected chi connectivity index (χ0v) is 14.5. The molecule has 0 aliphatic carbocycles. The van der Waals surface area contributed by atoms with Gasteiger partial charge in [-0.3, -0.25) is 0 Å². The zero-order valence-electron chi connectivity index (χ0n) is 13.7. The van der Waals surface area contributed by atoms with Crippen molar-refractivity contribution in [2.45, 2.75) is 27.3 Å². The van der Waals surface area contributed by atoms with E-state index in [2.05, 4.69) is 0 Å². The molecule has 0 atom stereocenters. The molecule has 0 unspecified atom stereocenters. The molecule has 0 aliphatic rings. The van der Waals surface area contributed by atoms with Crippen LogP contribution in [0.2, 0.25) is 0 Å². The topological polar surface area (TPSA) is 43.9 Å². The number of hydrogen-bond donors (Lipinski definition) is 0. The molecule has 0 aliphatic heterocycles. The lowest BCUT2D eigenvalue weighted by atomic mass is 10.2. The van der Waals surface area contributed by atoms with Crippen molar-refractivity contribution in [3.8, 4) is 0 Å². The Balaban J connectivity index is 2.92. The fourth-order valence-corrected chi connectivity index (χ4v) is 3.79. The number of hydrogen-bond acceptors (Lipinski definition) is 3. The van der Waals surface area contributed by atoms with Crippen molar-refractivity contribution < 1.29 is 8.42 Å². The van der Waals surface area contributed by atoms with Gasteiger partial charge >= 0.3 is 0 Å². The highest BCUT2D eigenvalue weighted by atomic mass is 32.2. The fraction of sp³-hybridized carbons (Fsp3) is 0.600. The summed E-state index contributed by atoms with van der Waals surface area (Å²) in [4.78, 5) is 2.02. The third-order valence-corrected chi connectivity index (χ3v) is 5.73. The molecule has 0 bridgehead atoms. The van der Waals surface area contributed by atoms with Gasteiger partial charge in [-0.25, -0.2) is 0 Å². The van der Waals surface area contributed by atoms with E-state index in [-0.39, 0.29) is 0 Å². The first-order chi connectivity index (χ1) is 9.86. The highest BCUT2D eigenvalue weighted by Gasteiger charge is 2.26. The number of anilines is 1. The van der Waals surface area contributed by atoms with Crippen LogP contribution in [0.1, 0.15) is 26.3 Å². The van der Waals surface area contributed by atoms with E-state index in [0.29, 0.717) is 26.2 Å². The molecule has 1 aromatic rings. The van der Waals surface area contributed by atoms with E-state index in [1.807, 2.05) is 64.0 Å². The maximum Gasteiger partial charge on any atom is 0.282 e. The van der Waals surface area contributed by atoms with Crippen molar-refractivity contribution in [3.63, 3.8) is 0 Å². The summed E-state index contributed by atoms with van der Waals surface area (Å²) >= 11 is 0. The molecule has 0 spiro atoms. The van der Waals surface area contributed by atoms with Crippen LogP contribution < -0.4 is 4.90 Å². The Morgan fingerprint density at radius 3 is 1.71 bits per heavy atom. The Morgan fingerprint density at radius 1 is 0.857 bits per heavy atom. The van der Waals surface area contributed by atoms with Crippen LogP contribution >= 0.6 is 0 Å². The predicted octanol–water partition coefficient (Wildman–Crippen LogP) is 2.16. The van der Waals surface area contributed by atoms with Crippen LogP contribution in [0, 0.1) is 0 Å². The lowest BCUT2D eigenvalue weighted by molar-refractivity contribution is 0.353. The van der Waals surface area contributed by atoms with Crippen molar-refractivity contribution >= 4 is 15.9 Å². The van der Waals surface area contributed by atoms with Crippen molar-refractivity contribution in [3.05, 3.63) is 29.8 Å². The van der Waals surface area contributed by atoms with Gasteiger partial charge in [-0.15, -0.1) is 0 Å². The van der Waals surface area contributed by atoms with Crippen molar-refractivity contribution in [1.29, 1.82) is 0 Å². The van der Waals surface area contributed by atoms with Gasteiger partial charge in [0.25, 0.3) is 10.2 Å². The average Bonchev–Trinajstić information content (AvgIpc) is 2.45. The molecular formula is C15H27N3O2S. The molecule has 120 valence electrons. The number of nitrogens with zero attached hydrogens (tertiary/aromatic N) is 3. The van der Waals surface area contributed by atoms with Crippen molar-refractivity contribution in [1.82, 2.24) is 8.61 Å². The SMILES string of the molecule is CCN(CC)S(=O)(=O)N(CC)Cc1ccc(N(C)C)cc1. The zero-order chi connectivity index (χ0) is 16.0. The monoisotopic (exact) mass is 313 g/mol. The highest BCUT2D eigenvalue weighted by molar-refractivity contribution is 7.86. The highest BCUT2D eigenvalue weighted by Crippen LogP contribution is 2.16. The first kappa shape index (κ1) is 17.9. The summed E-state index contributed by atoms with van der Waals surface area (Å²) in [5.41, 5.74) is 2.10. The Hall–Kier alpha value is -1.11. The molecule has 5 nitrogen and oxygen atoms in total. The minimum Gasteiger partial charge on any atom is -0.378 e. The molecule has 0 radical (unpaired) electrons. The molecule has 0 aromatic heterocycles. The second-order valence-electron chi connectivity index (χ2n) is 5.08.